The van der Waals surface area contributed by atoms with E-state index in [1.807, 2.05) is 33.4 Å². The Balaban J connectivity index is 1.41. The number of nitrogens with zero attached hydrogens (tertiary/aromatic N) is 6. The number of anilines is 2. The number of hydrogen-bond donors (Lipinski definition) is 0. The van der Waals surface area contributed by atoms with Crippen molar-refractivity contribution in [2.75, 3.05) is 36.0 Å². The van der Waals surface area contributed by atoms with E-state index in [0.29, 0.717) is 11.9 Å². The van der Waals surface area contributed by atoms with E-state index in [4.69, 9.17) is 9.97 Å². The van der Waals surface area contributed by atoms with Gasteiger partial charge in [-0.2, -0.15) is 0 Å². The predicted molar refractivity (Wildman–Crippen MR) is 194 cm³/mol. The maximum atomic E-state index is 14.4. The molecule has 7 rings (SSSR count). The fourth-order valence-electron chi connectivity index (χ4n) is 7.41. The van der Waals surface area contributed by atoms with E-state index in [1.54, 1.807) is 22.7 Å². The van der Waals surface area contributed by atoms with Crippen molar-refractivity contribution in [2.24, 2.45) is 0 Å². The smallest absolute Gasteiger partial charge is 0.268 e. The lowest BCUT2D eigenvalue weighted by Gasteiger charge is -2.27. The van der Waals surface area contributed by atoms with Crippen LogP contribution in [0.25, 0.3) is 31.8 Å². The molecule has 5 aromatic rings. The summed E-state index contributed by atoms with van der Waals surface area (Å²) in [5.41, 5.74) is 3.95. The Hall–Kier alpha value is -3.50. The monoisotopic (exact) mass is 656 g/mol. The molecule has 1 aromatic carbocycles. The number of fused-ring (bicyclic) bond motifs is 6. The van der Waals surface area contributed by atoms with Gasteiger partial charge in [0, 0.05) is 35.9 Å². The Morgan fingerprint density at radius 1 is 0.609 bits per heavy atom. The van der Waals surface area contributed by atoms with E-state index < -0.39 is 0 Å². The Morgan fingerprint density at radius 3 is 1.33 bits per heavy atom. The third kappa shape index (κ3) is 5.18. The average molecular weight is 657 g/mol. The van der Waals surface area contributed by atoms with Crippen molar-refractivity contribution in [3.8, 4) is 11.4 Å². The summed E-state index contributed by atoms with van der Waals surface area (Å²) < 4.78 is 3.64. The number of hydrogen-bond acceptors (Lipinski definition) is 8. The second-order valence-electron chi connectivity index (χ2n) is 12.7. The highest BCUT2D eigenvalue weighted by atomic mass is 32.1. The van der Waals surface area contributed by atoms with Gasteiger partial charge in [0.25, 0.3) is 11.1 Å². The zero-order chi connectivity index (χ0) is 31.9. The van der Waals surface area contributed by atoms with Crippen molar-refractivity contribution < 1.29 is 0 Å². The van der Waals surface area contributed by atoms with E-state index in [-0.39, 0.29) is 11.1 Å². The number of rotatable bonds is 12. The van der Waals surface area contributed by atoms with Crippen LogP contribution in [0, 0.1) is 0 Å². The van der Waals surface area contributed by atoms with Gasteiger partial charge in [-0.05, 0) is 99.6 Å². The van der Waals surface area contributed by atoms with Crippen LogP contribution in [0.2, 0.25) is 0 Å². The van der Waals surface area contributed by atoms with Gasteiger partial charge >= 0.3 is 0 Å². The Labute approximate surface area is 278 Å². The summed E-state index contributed by atoms with van der Waals surface area (Å²) in [4.78, 5) is 48.1. The first-order valence-corrected chi connectivity index (χ1v) is 18.9. The summed E-state index contributed by atoms with van der Waals surface area (Å²) in [6, 6.07) is 7.94. The highest BCUT2D eigenvalue weighted by Crippen LogP contribution is 2.38. The van der Waals surface area contributed by atoms with Gasteiger partial charge < -0.3 is 9.80 Å². The summed E-state index contributed by atoms with van der Waals surface area (Å²) in [6.45, 7) is 12.0. The lowest BCUT2D eigenvalue weighted by molar-refractivity contribution is 0.704. The lowest BCUT2D eigenvalue weighted by Crippen LogP contribution is -2.34. The third-order valence-corrected chi connectivity index (χ3v) is 11.7. The molecule has 2 aliphatic carbocycles. The fraction of sp³-hybridized carbons (Fsp3) is 0.500. The second-order valence-corrected chi connectivity index (χ2v) is 14.8. The first kappa shape index (κ1) is 31.1. The largest absolute Gasteiger partial charge is 0.342 e. The van der Waals surface area contributed by atoms with Crippen LogP contribution >= 0.6 is 22.7 Å². The SMILES string of the molecule is CCCN(CCC)c1nc2sc3c(c2c(=O)n1-c1ccc(-n2c(N(CCC)CCC)nc4sc5c(c4c2=O)CCC5)cc1)CCC3. The molecule has 0 saturated heterocycles. The first-order valence-electron chi connectivity index (χ1n) is 17.2. The minimum Gasteiger partial charge on any atom is -0.342 e. The molecule has 0 bridgehead atoms. The van der Waals surface area contributed by atoms with Crippen LogP contribution in [0.3, 0.4) is 0 Å². The maximum Gasteiger partial charge on any atom is 0.268 e. The number of thiophene rings is 2. The maximum absolute atomic E-state index is 14.4. The molecule has 0 saturated carbocycles. The molecule has 46 heavy (non-hydrogen) atoms. The lowest BCUT2D eigenvalue weighted by atomic mass is 10.2. The zero-order valence-corrected chi connectivity index (χ0v) is 29.2. The average Bonchev–Trinajstić information content (AvgIpc) is 3.82. The first-order chi connectivity index (χ1) is 22.5. The highest BCUT2D eigenvalue weighted by molar-refractivity contribution is 7.19. The third-order valence-electron chi connectivity index (χ3n) is 9.35. The molecule has 4 heterocycles. The number of benzene rings is 1. The Bertz CT molecular complexity index is 1860. The van der Waals surface area contributed by atoms with Gasteiger partial charge in [0.2, 0.25) is 11.9 Å². The summed E-state index contributed by atoms with van der Waals surface area (Å²) in [5, 5.41) is 1.57. The molecule has 0 amide bonds. The standard InChI is InChI=1S/C36H44N6O2S2/c1-5-19-39(20-6-2)35-37-31-29(25-11-9-13-27(25)45-31)33(43)41(35)23-15-17-24(18-16-23)42-34(44)30-26-12-10-14-28(26)46-32(30)38-36(42)40(21-7-3)22-8-4/h15-18H,5-14,19-22H2,1-4H3. The van der Waals surface area contributed by atoms with Crippen molar-refractivity contribution in [2.45, 2.75) is 91.9 Å². The van der Waals surface area contributed by atoms with E-state index in [1.165, 1.54) is 20.9 Å². The van der Waals surface area contributed by atoms with E-state index in [9.17, 15) is 9.59 Å². The van der Waals surface area contributed by atoms with Crippen molar-refractivity contribution >= 4 is 55.0 Å². The van der Waals surface area contributed by atoms with E-state index >= 15 is 0 Å². The molecule has 0 fully saturated rings. The van der Waals surface area contributed by atoms with Gasteiger partial charge in [0.15, 0.2) is 0 Å². The van der Waals surface area contributed by atoms with Crippen LogP contribution in [-0.4, -0.2) is 45.3 Å². The molecular formula is C36H44N6O2S2. The van der Waals surface area contributed by atoms with E-state index in [2.05, 4.69) is 37.5 Å². The van der Waals surface area contributed by atoms with Gasteiger partial charge in [0.05, 0.1) is 22.1 Å². The quantitative estimate of drug-likeness (QED) is 0.139. The molecule has 0 N–H and O–H groups in total. The minimum absolute atomic E-state index is 0.0104. The molecule has 0 radical (unpaired) electrons. The Morgan fingerprint density at radius 2 is 0.978 bits per heavy atom. The Kier molecular flexibility index (Phi) is 8.76. The summed E-state index contributed by atoms with van der Waals surface area (Å²) >= 11 is 3.39. The number of aromatic nitrogens is 4. The van der Waals surface area contributed by atoms with Crippen LogP contribution < -0.4 is 20.9 Å². The molecule has 2 aliphatic rings. The van der Waals surface area contributed by atoms with Crippen molar-refractivity contribution in [1.82, 2.24) is 19.1 Å². The number of aryl methyl sites for hydroxylation is 4. The molecule has 0 unspecified atom stereocenters. The summed E-state index contributed by atoms with van der Waals surface area (Å²) in [5.74, 6) is 1.42. The molecule has 0 spiro atoms. The highest BCUT2D eigenvalue weighted by Gasteiger charge is 2.27. The topological polar surface area (TPSA) is 76.3 Å². The molecule has 10 heteroatoms. The minimum atomic E-state index is 0.0104. The molecule has 0 atom stereocenters. The van der Waals surface area contributed by atoms with Crippen LogP contribution in [0.4, 0.5) is 11.9 Å². The van der Waals surface area contributed by atoms with Gasteiger partial charge in [0.1, 0.15) is 9.66 Å². The molecular weight excluding hydrogens is 613 g/mol. The van der Waals surface area contributed by atoms with Crippen molar-refractivity contribution in [3.63, 3.8) is 0 Å². The zero-order valence-electron chi connectivity index (χ0n) is 27.5. The van der Waals surface area contributed by atoms with E-state index in [0.717, 1.165) is 122 Å². The van der Waals surface area contributed by atoms with Gasteiger partial charge in [-0.25, -0.2) is 19.1 Å². The van der Waals surface area contributed by atoms with Crippen molar-refractivity contribution in [3.05, 3.63) is 65.9 Å². The van der Waals surface area contributed by atoms with Crippen LogP contribution in [-0.2, 0) is 25.7 Å². The van der Waals surface area contributed by atoms with Gasteiger partial charge in [-0.1, -0.05) is 27.7 Å². The normalized spacial score (nSPS) is 14.0. The van der Waals surface area contributed by atoms with Crippen LogP contribution in [0.1, 0.15) is 87.1 Å². The summed E-state index contributed by atoms with van der Waals surface area (Å²) in [7, 11) is 0. The van der Waals surface area contributed by atoms with Gasteiger partial charge in [-0.15, -0.1) is 22.7 Å². The molecule has 242 valence electrons. The molecule has 8 nitrogen and oxygen atoms in total. The predicted octanol–water partition coefficient (Wildman–Crippen LogP) is 7.44. The summed E-state index contributed by atoms with van der Waals surface area (Å²) in [6.07, 6.45) is 10.0. The second kappa shape index (κ2) is 13.0. The molecule has 0 aliphatic heterocycles. The van der Waals surface area contributed by atoms with Crippen LogP contribution in [0.15, 0.2) is 33.9 Å². The van der Waals surface area contributed by atoms with Gasteiger partial charge in [-0.3, -0.25) is 9.59 Å². The van der Waals surface area contributed by atoms with Crippen molar-refractivity contribution in [1.29, 1.82) is 0 Å². The fourth-order valence-corrected chi connectivity index (χ4v) is 9.90. The van der Waals surface area contributed by atoms with Crippen LogP contribution in [0.5, 0.6) is 0 Å². The molecule has 4 aromatic heterocycles.